The van der Waals surface area contributed by atoms with Crippen molar-refractivity contribution < 1.29 is 30.8 Å². The van der Waals surface area contributed by atoms with Gasteiger partial charge in [0.2, 0.25) is 0 Å². The standard InChI is InChI=1S/C18H12F4N2O3S/c1-9-8-23-18-10(4-11(19)5-12(9)18)2-3-17(25)24-28(26,27)16-7-14(21)13(20)6-15(16)22/h2-8,23H,1H3,(H,24,25). The first-order chi connectivity index (χ1) is 13.1. The second kappa shape index (κ2) is 7.12. The summed E-state index contributed by atoms with van der Waals surface area (Å²) in [5, 5.41) is 0.580. The summed E-state index contributed by atoms with van der Waals surface area (Å²) in [5.74, 6) is -6.47. The molecule has 0 spiro atoms. The number of hydrogen-bond donors (Lipinski definition) is 2. The summed E-state index contributed by atoms with van der Waals surface area (Å²) >= 11 is 0. The number of benzene rings is 2. The maximum Gasteiger partial charge on any atom is 0.267 e. The first-order valence-electron chi connectivity index (χ1n) is 7.75. The van der Waals surface area contributed by atoms with Crippen molar-refractivity contribution in [1.82, 2.24) is 9.71 Å². The third-order valence-corrected chi connectivity index (χ3v) is 5.27. The zero-order chi connectivity index (χ0) is 20.6. The molecule has 1 heterocycles. The van der Waals surface area contributed by atoms with Crippen molar-refractivity contribution >= 4 is 32.9 Å². The second-order valence-electron chi connectivity index (χ2n) is 5.89. The lowest BCUT2D eigenvalue weighted by Crippen LogP contribution is -2.29. The molecule has 1 amide bonds. The van der Waals surface area contributed by atoms with E-state index in [1.54, 1.807) is 13.1 Å². The molecule has 0 saturated carbocycles. The van der Waals surface area contributed by atoms with E-state index in [-0.39, 0.29) is 17.7 Å². The van der Waals surface area contributed by atoms with Gasteiger partial charge in [-0.25, -0.2) is 30.7 Å². The van der Waals surface area contributed by atoms with Gasteiger partial charge in [0.1, 0.15) is 16.5 Å². The summed E-state index contributed by atoms with van der Waals surface area (Å²) in [6, 6.07) is 2.61. The molecule has 0 aliphatic rings. The quantitative estimate of drug-likeness (QED) is 0.391. The number of carbonyl (C=O) groups excluding carboxylic acids is 1. The number of nitrogens with one attached hydrogen (secondary N) is 2. The van der Waals surface area contributed by atoms with Gasteiger partial charge in [0.05, 0.1) is 5.52 Å². The number of H-pyrrole nitrogens is 1. The minimum Gasteiger partial charge on any atom is -0.360 e. The zero-order valence-electron chi connectivity index (χ0n) is 14.2. The van der Waals surface area contributed by atoms with Gasteiger partial charge in [0, 0.05) is 35.4 Å². The van der Waals surface area contributed by atoms with Crippen molar-refractivity contribution in [2.24, 2.45) is 0 Å². The number of hydrogen-bond acceptors (Lipinski definition) is 3. The van der Waals surface area contributed by atoms with E-state index in [0.717, 1.165) is 23.8 Å². The first-order valence-corrected chi connectivity index (χ1v) is 9.23. The van der Waals surface area contributed by atoms with Crippen molar-refractivity contribution in [3.8, 4) is 0 Å². The van der Waals surface area contributed by atoms with Gasteiger partial charge in [-0.3, -0.25) is 4.79 Å². The van der Waals surface area contributed by atoms with E-state index in [1.807, 2.05) is 0 Å². The lowest BCUT2D eigenvalue weighted by molar-refractivity contribution is -0.114. The maximum atomic E-state index is 13.7. The highest BCUT2D eigenvalue weighted by atomic mass is 32.2. The van der Waals surface area contributed by atoms with Gasteiger partial charge in [-0.1, -0.05) is 0 Å². The minimum absolute atomic E-state index is 0.0568. The molecule has 28 heavy (non-hydrogen) atoms. The van der Waals surface area contributed by atoms with Gasteiger partial charge in [0.15, 0.2) is 11.6 Å². The highest BCUT2D eigenvalue weighted by molar-refractivity contribution is 7.90. The Kier molecular flexibility index (Phi) is 4.99. The van der Waals surface area contributed by atoms with E-state index < -0.39 is 44.1 Å². The molecule has 0 aliphatic carbocycles. The van der Waals surface area contributed by atoms with Crippen LogP contribution in [0.3, 0.4) is 0 Å². The summed E-state index contributed by atoms with van der Waals surface area (Å²) in [6.45, 7) is 1.75. The van der Waals surface area contributed by atoms with Crippen molar-refractivity contribution in [1.29, 1.82) is 0 Å². The molecule has 5 nitrogen and oxygen atoms in total. The molecule has 1 aromatic heterocycles. The molecule has 0 atom stereocenters. The molecule has 0 unspecified atom stereocenters. The third kappa shape index (κ3) is 3.77. The number of aromatic nitrogens is 1. The molecule has 0 aliphatic heterocycles. The molecular formula is C18H12F4N2O3S. The Bertz CT molecular complexity index is 1230. The highest BCUT2D eigenvalue weighted by Gasteiger charge is 2.23. The van der Waals surface area contributed by atoms with E-state index in [9.17, 15) is 30.8 Å². The van der Waals surface area contributed by atoms with Crippen LogP contribution in [0.15, 0.2) is 41.4 Å². The molecule has 0 saturated heterocycles. The SMILES string of the molecule is Cc1c[nH]c2c(C=CC(=O)NS(=O)(=O)c3cc(F)c(F)cc3F)cc(F)cc12. The number of aryl methyl sites for hydroxylation is 1. The monoisotopic (exact) mass is 412 g/mol. The summed E-state index contributed by atoms with van der Waals surface area (Å²) in [6.07, 6.45) is 3.59. The lowest BCUT2D eigenvalue weighted by atomic mass is 10.1. The molecule has 2 N–H and O–H groups in total. The second-order valence-corrected chi connectivity index (χ2v) is 7.54. The van der Waals surface area contributed by atoms with Crippen LogP contribution in [0.5, 0.6) is 0 Å². The summed E-state index contributed by atoms with van der Waals surface area (Å²) in [5.41, 5.74) is 1.57. The van der Waals surface area contributed by atoms with Crippen LogP contribution in [-0.2, 0) is 14.8 Å². The Morgan fingerprint density at radius 1 is 1.04 bits per heavy atom. The molecule has 146 valence electrons. The largest absolute Gasteiger partial charge is 0.360 e. The fraction of sp³-hybridized carbons (Fsp3) is 0.0556. The van der Waals surface area contributed by atoms with Crippen LogP contribution in [0, 0.1) is 30.2 Å². The van der Waals surface area contributed by atoms with E-state index in [4.69, 9.17) is 0 Å². The van der Waals surface area contributed by atoms with Crippen molar-refractivity contribution in [2.45, 2.75) is 11.8 Å². The Morgan fingerprint density at radius 2 is 1.71 bits per heavy atom. The van der Waals surface area contributed by atoms with E-state index in [1.165, 1.54) is 10.8 Å². The average molecular weight is 412 g/mol. The van der Waals surface area contributed by atoms with Crippen molar-refractivity contribution in [3.05, 3.63) is 70.9 Å². The van der Waals surface area contributed by atoms with Crippen molar-refractivity contribution in [2.75, 3.05) is 0 Å². The predicted molar refractivity (Wildman–Crippen MR) is 93.7 cm³/mol. The number of aromatic amines is 1. The van der Waals surface area contributed by atoms with E-state index in [0.29, 0.717) is 10.9 Å². The Labute approximate surface area is 156 Å². The van der Waals surface area contributed by atoms with Crippen LogP contribution in [-0.4, -0.2) is 19.3 Å². The number of carbonyl (C=O) groups is 1. The summed E-state index contributed by atoms with van der Waals surface area (Å²) < 4.78 is 79.1. The van der Waals surface area contributed by atoms with Gasteiger partial charge in [-0.2, -0.15) is 0 Å². The molecule has 0 fully saturated rings. The smallest absolute Gasteiger partial charge is 0.267 e. The molecule has 0 radical (unpaired) electrons. The fourth-order valence-electron chi connectivity index (χ4n) is 2.59. The van der Waals surface area contributed by atoms with E-state index in [2.05, 4.69) is 4.98 Å². The topological polar surface area (TPSA) is 79.0 Å². The first kappa shape index (κ1) is 19.6. The molecule has 3 aromatic rings. The number of sulfonamides is 1. The predicted octanol–water partition coefficient (Wildman–Crippen LogP) is 3.55. The van der Waals surface area contributed by atoms with Gasteiger partial charge < -0.3 is 4.98 Å². The summed E-state index contributed by atoms with van der Waals surface area (Å²) in [7, 11) is -4.79. The average Bonchev–Trinajstić information content (AvgIpc) is 2.96. The molecule has 10 heteroatoms. The van der Waals surface area contributed by atoms with Gasteiger partial charge in [0.25, 0.3) is 15.9 Å². The molecule has 3 rings (SSSR count). The van der Waals surface area contributed by atoms with Crippen LogP contribution >= 0.6 is 0 Å². The van der Waals surface area contributed by atoms with Crippen LogP contribution in [0.2, 0.25) is 0 Å². The maximum absolute atomic E-state index is 13.7. The normalized spacial score (nSPS) is 12.0. The van der Waals surface area contributed by atoms with Crippen LogP contribution in [0.25, 0.3) is 17.0 Å². The Morgan fingerprint density at radius 3 is 2.43 bits per heavy atom. The van der Waals surface area contributed by atoms with Gasteiger partial charge in [-0.05, 0) is 30.7 Å². The minimum atomic E-state index is -4.79. The third-order valence-electron chi connectivity index (χ3n) is 3.91. The van der Waals surface area contributed by atoms with E-state index >= 15 is 0 Å². The number of halogens is 4. The lowest BCUT2D eigenvalue weighted by Gasteiger charge is -2.06. The van der Waals surface area contributed by atoms with Gasteiger partial charge in [-0.15, -0.1) is 0 Å². The van der Waals surface area contributed by atoms with Gasteiger partial charge >= 0.3 is 0 Å². The highest BCUT2D eigenvalue weighted by Crippen LogP contribution is 2.24. The fourth-order valence-corrected chi connectivity index (χ4v) is 3.60. The van der Waals surface area contributed by atoms with Crippen LogP contribution in [0.4, 0.5) is 17.6 Å². The van der Waals surface area contributed by atoms with Crippen molar-refractivity contribution in [3.63, 3.8) is 0 Å². The molecule has 2 aromatic carbocycles. The van der Waals surface area contributed by atoms with Crippen LogP contribution in [0.1, 0.15) is 11.1 Å². The molecule has 0 bridgehead atoms. The Hall–Kier alpha value is -3.14. The number of rotatable bonds is 4. The number of amides is 1. The van der Waals surface area contributed by atoms with Crippen LogP contribution < -0.4 is 4.72 Å². The molecular weight excluding hydrogens is 400 g/mol. The number of fused-ring (bicyclic) bond motifs is 1. The Balaban J connectivity index is 1.87. The summed E-state index contributed by atoms with van der Waals surface area (Å²) in [4.78, 5) is 13.6. The zero-order valence-corrected chi connectivity index (χ0v) is 15.0.